The van der Waals surface area contributed by atoms with Gasteiger partial charge in [-0.25, -0.2) is 0 Å². The molecule has 0 saturated heterocycles. The molecule has 1 fully saturated rings. The summed E-state index contributed by atoms with van der Waals surface area (Å²) in [6.07, 6.45) is 3.90. The summed E-state index contributed by atoms with van der Waals surface area (Å²) >= 11 is 0. The van der Waals surface area contributed by atoms with Crippen LogP contribution in [-0.2, 0) is 11.3 Å². The quantitative estimate of drug-likeness (QED) is 0.645. The first-order chi connectivity index (χ1) is 15.4. The van der Waals surface area contributed by atoms with E-state index in [-0.39, 0.29) is 24.0 Å². The van der Waals surface area contributed by atoms with Crippen molar-refractivity contribution in [3.05, 3.63) is 42.0 Å². The number of carbonyl (C=O) groups is 1. The fourth-order valence-electron chi connectivity index (χ4n) is 4.11. The topological polar surface area (TPSA) is 69.3 Å². The van der Waals surface area contributed by atoms with Crippen molar-refractivity contribution in [1.82, 2.24) is 4.90 Å². The summed E-state index contributed by atoms with van der Waals surface area (Å²) in [7, 11) is 3.17. The van der Waals surface area contributed by atoms with Gasteiger partial charge in [-0.05, 0) is 49.7 Å². The van der Waals surface area contributed by atoms with Crippen molar-refractivity contribution in [2.75, 3.05) is 26.0 Å². The third-order valence-electron chi connectivity index (χ3n) is 5.49. The fourth-order valence-corrected chi connectivity index (χ4v) is 4.11. The van der Waals surface area contributed by atoms with E-state index in [0.29, 0.717) is 23.7 Å². The Morgan fingerprint density at radius 2 is 1.88 bits per heavy atom. The van der Waals surface area contributed by atoms with E-state index in [4.69, 9.17) is 14.2 Å². The predicted octanol–water partition coefficient (Wildman–Crippen LogP) is 4.41. The number of anilines is 1. The zero-order valence-corrected chi connectivity index (χ0v) is 18.0. The highest BCUT2D eigenvalue weighted by Gasteiger charge is 2.44. The SMILES string of the molecule is COc1cc(CN(C)CC(=O)Nc2ccc3c(c2)OC2(CCCC2)O3)ccc1OC(F)F. The summed E-state index contributed by atoms with van der Waals surface area (Å²) in [6, 6.07) is 10.1. The number of hydrogen-bond acceptors (Lipinski definition) is 6. The first-order valence-corrected chi connectivity index (χ1v) is 10.5. The second-order valence-electron chi connectivity index (χ2n) is 8.07. The molecule has 1 aliphatic carbocycles. The number of likely N-dealkylation sites (N-methyl/N-ethyl adjacent to an activating group) is 1. The van der Waals surface area contributed by atoms with Gasteiger partial charge in [0.1, 0.15) is 0 Å². The van der Waals surface area contributed by atoms with Gasteiger partial charge >= 0.3 is 6.61 Å². The minimum absolute atomic E-state index is 0.0335. The Bertz CT molecular complexity index is 979. The molecule has 1 amide bonds. The van der Waals surface area contributed by atoms with Crippen LogP contribution in [0.15, 0.2) is 36.4 Å². The predicted molar refractivity (Wildman–Crippen MR) is 113 cm³/mol. The van der Waals surface area contributed by atoms with Crippen LogP contribution in [0.4, 0.5) is 14.5 Å². The lowest BCUT2D eigenvalue weighted by Crippen LogP contribution is -2.34. The van der Waals surface area contributed by atoms with E-state index in [9.17, 15) is 13.6 Å². The van der Waals surface area contributed by atoms with Gasteiger partial charge in [-0.1, -0.05) is 6.07 Å². The van der Waals surface area contributed by atoms with E-state index >= 15 is 0 Å². The second kappa shape index (κ2) is 9.20. The molecule has 4 rings (SSSR count). The van der Waals surface area contributed by atoms with Crippen LogP contribution in [0.3, 0.4) is 0 Å². The lowest BCUT2D eigenvalue weighted by atomic mass is 10.2. The van der Waals surface area contributed by atoms with E-state index in [0.717, 1.165) is 31.2 Å². The second-order valence-corrected chi connectivity index (χ2v) is 8.07. The summed E-state index contributed by atoms with van der Waals surface area (Å²) < 4.78 is 46.5. The zero-order chi connectivity index (χ0) is 22.7. The van der Waals surface area contributed by atoms with Crippen LogP contribution in [0.25, 0.3) is 0 Å². The van der Waals surface area contributed by atoms with Gasteiger partial charge in [-0.3, -0.25) is 9.69 Å². The average molecular weight is 448 g/mol. The number of rotatable bonds is 8. The highest BCUT2D eigenvalue weighted by atomic mass is 19.3. The largest absolute Gasteiger partial charge is 0.493 e. The number of ether oxygens (including phenoxy) is 4. The fraction of sp³-hybridized carbons (Fsp3) is 0.435. The van der Waals surface area contributed by atoms with Gasteiger partial charge < -0.3 is 24.3 Å². The smallest absolute Gasteiger partial charge is 0.387 e. The van der Waals surface area contributed by atoms with Crippen LogP contribution in [0.2, 0.25) is 0 Å². The molecule has 7 nitrogen and oxygen atoms in total. The van der Waals surface area contributed by atoms with E-state index in [1.807, 2.05) is 6.07 Å². The molecular weight excluding hydrogens is 422 g/mol. The third-order valence-corrected chi connectivity index (χ3v) is 5.49. The van der Waals surface area contributed by atoms with Crippen LogP contribution in [-0.4, -0.2) is 43.9 Å². The Balaban J connectivity index is 1.32. The maximum absolute atomic E-state index is 12.5. The lowest BCUT2D eigenvalue weighted by Gasteiger charge is -2.21. The normalized spacial score (nSPS) is 16.1. The summed E-state index contributed by atoms with van der Waals surface area (Å²) in [5.74, 6) is 0.801. The van der Waals surface area contributed by atoms with Gasteiger partial charge in [0.05, 0.1) is 13.7 Å². The average Bonchev–Trinajstić information content (AvgIpc) is 3.33. The number of carbonyl (C=O) groups excluding carboxylic acids is 1. The van der Waals surface area contributed by atoms with Crippen molar-refractivity contribution in [2.24, 2.45) is 0 Å². The Kier molecular flexibility index (Phi) is 6.36. The summed E-state index contributed by atoms with van der Waals surface area (Å²) in [5.41, 5.74) is 1.43. The van der Waals surface area contributed by atoms with Crippen molar-refractivity contribution >= 4 is 11.6 Å². The Hall–Kier alpha value is -3.07. The van der Waals surface area contributed by atoms with E-state index in [2.05, 4.69) is 10.1 Å². The molecule has 1 spiro atoms. The minimum Gasteiger partial charge on any atom is -0.493 e. The molecule has 1 heterocycles. The van der Waals surface area contributed by atoms with Crippen molar-refractivity contribution in [3.8, 4) is 23.0 Å². The van der Waals surface area contributed by atoms with Crippen LogP contribution in [0.5, 0.6) is 23.0 Å². The molecule has 0 aromatic heterocycles. The van der Waals surface area contributed by atoms with Crippen molar-refractivity contribution < 1.29 is 32.5 Å². The number of fused-ring (bicyclic) bond motifs is 1. The number of amides is 1. The van der Waals surface area contributed by atoms with E-state index in [1.165, 1.54) is 13.2 Å². The van der Waals surface area contributed by atoms with Gasteiger partial charge in [-0.2, -0.15) is 8.78 Å². The molecule has 1 N–H and O–H groups in total. The van der Waals surface area contributed by atoms with Gasteiger partial charge in [-0.15, -0.1) is 0 Å². The van der Waals surface area contributed by atoms with Gasteiger partial charge in [0.2, 0.25) is 5.91 Å². The molecule has 2 aromatic carbocycles. The molecule has 0 unspecified atom stereocenters. The number of benzene rings is 2. The van der Waals surface area contributed by atoms with Crippen LogP contribution >= 0.6 is 0 Å². The molecule has 0 bridgehead atoms. The highest BCUT2D eigenvalue weighted by Crippen LogP contribution is 2.47. The molecule has 172 valence electrons. The Morgan fingerprint density at radius 1 is 1.12 bits per heavy atom. The Labute approximate surface area is 185 Å². The summed E-state index contributed by atoms with van der Waals surface area (Å²) in [4.78, 5) is 14.3. The van der Waals surface area contributed by atoms with E-state index < -0.39 is 12.4 Å². The number of alkyl halides is 2. The van der Waals surface area contributed by atoms with Gasteiger partial charge in [0.15, 0.2) is 23.0 Å². The van der Waals surface area contributed by atoms with Crippen molar-refractivity contribution in [2.45, 2.75) is 44.6 Å². The molecule has 0 atom stereocenters. The maximum atomic E-state index is 12.5. The molecular formula is C23H26F2N2O5. The highest BCUT2D eigenvalue weighted by molar-refractivity contribution is 5.92. The number of nitrogens with one attached hydrogen (secondary N) is 1. The summed E-state index contributed by atoms with van der Waals surface area (Å²) in [6.45, 7) is -2.38. The van der Waals surface area contributed by atoms with E-state index in [1.54, 1.807) is 36.2 Å². The molecule has 9 heteroatoms. The van der Waals surface area contributed by atoms with Crippen molar-refractivity contribution in [3.63, 3.8) is 0 Å². The first-order valence-electron chi connectivity index (χ1n) is 10.5. The molecule has 2 aliphatic rings. The zero-order valence-electron chi connectivity index (χ0n) is 18.0. The summed E-state index contributed by atoms with van der Waals surface area (Å²) in [5, 5.41) is 2.88. The van der Waals surface area contributed by atoms with Crippen LogP contribution in [0, 0.1) is 0 Å². The number of hydrogen-bond donors (Lipinski definition) is 1. The number of nitrogens with zero attached hydrogens (tertiary/aromatic N) is 1. The third kappa shape index (κ3) is 5.04. The monoisotopic (exact) mass is 448 g/mol. The van der Waals surface area contributed by atoms with Crippen molar-refractivity contribution in [1.29, 1.82) is 0 Å². The molecule has 1 saturated carbocycles. The van der Waals surface area contributed by atoms with Gasteiger partial charge in [0, 0.05) is 31.1 Å². The lowest BCUT2D eigenvalue weighted by molar-refractivity contribution is -0.117. The first kappa shape index (κ1) is 22.1. The molecule has 2 aromatic rings. The Morgan fingerprint density at radius 3 is 2.59 bits per heavy atom. The number of methoxy groups -OCH3 is 1. The van der Waals surface area contributed by atoms with Gasteiger partial charge in [0.25, 0.3) is 5.79 Å². The number of halogens is 2. The maximum Gasteiger partial charge on any atom is 0.387 e. The minimum atomic E-state index is -2.93. The molecule has 1 aliphatic heterocycles. The standard InChI is InChI=1S/C23H26F2N2O5/c1-27(13-15-5-7-17(30-22(24)25)19(11-15)29-2)14-21(28)26-16-6-8-18-20(12-16)32-23(31-18)9-3-4-10-23/h5-8,11-12,22H,3-4,9-10,13-14H2,1-2H3,(H,26,28). The van der Waals surface area contributed by atoms with Crippen LogP contribution < -0.4 is 24.3 Å². The molecule has 0 radical (unpaired) electrons. The molecule has 32 heavy (non-hydrogen) atoms. The van der Waals surface area contributed by atoms with Crippen LogP contribution in [0.1, 0.15) is 31.2 Å².